The first kappa shape index (κ1) is 20.1. The van der Waals surface area contributed by atoms with Gasteiger partial charge in [-0.2, -0.15) is 0 Å². The molecule has 1 nitrogen and oxygen atoms in total. The van der Waals surface area contributed by atoms with E-state index < -0.39 is 8.80 Å². The predicted octanol–water partition coefficient (Wildman–Crippen LogP) is 4.77. The molecular formula is C17H39NSi2. The molecule has 1 atom stereocenters. The molecule has 0 heterocycles. The molecule has 0 saturated carbocycles. The zero-order valence-electron chi connectivity index (χ0n) is 15.2. The van der Waals surface area contributed by atoms with E-state index in [4.69, 9.17) is 0 Å². The van der Waals surface area contributed by atoms with E-state index in [2.05, 4.69) is 58.7 Å². The first-order valence-corrected chi connectivity index (χ1v) is 13.8. The van der Waals surface area contributed by atoms with Crippen molar-refractivity contribution in [1.82, 2.24) is 5.32 Å². The van der Waals surface area contributed by atoms with Gasteiger partial charge in [-0.15, -0.1) is 0 Å². The summed E-state index contributed by atoms with van der Waals surface area (Å²) in [5.41, 5.74) is 4.12. The van der Waals surface area contributed by atoms with Crippen molar-refractivity contribution in [2.24, 2.45) is 0 Å². The van der Waals surface area contributed by atoms with Gasteiger partial charge in [0.05, 0.1) is 8.80 Å². The van der Waals surface area contributed by atoms with Crippen molar-refractivity contribution < 1.29 is 0 Å². The van der Waals surface area contributed by atoms with Gasteiger partial charge in [0, 0.05) is 8.80 Å². The lowest BCUT2D eigenvalue weighted by Crippen LogP contribution is -2.26. The maximum absolute atomic E-state index is 3.64. The number of rotatable bonds is 10. The molecule has 0 aromatic heterocycles. The van der Waals surface area contributed by atoms with Gasteiger partial charge in [-0.25, -0.2) is 0 Å². The molecule has 0 aromatic carbocycles. The Morgan fingerprint density at radius 1 is 0.950 bits per heavy atom. The van der Waals surface area contributed by atoms with Gasteiger partial charge in [-0.05, 0) is 44.8 Å². The molecule has 1 unspecified atom stereocenters. The zero-order chi connectivity index (χ0) is 15.6. The zero-order valence-corrected chi connectivity index (χ0v) is 17.5. The Hall–Kier alpha value is 0.134. The minimum atomic E-state index is -0.755. The summed E-state index contributed by atoms with van der Waals surface area (Å²) in [6, 6.07) is 2.96. The number of hydrogen-bond acceptors (Lipinski definition) is 1. The van der Waals surface area contributed by atoms with Crippen molar-refractivity contribution in [3.63, 3.8) is 0 Å². The van der Waals surface area contributed by atoms with E-state index in [0.717, 1.165) is 0 Å². The lowest BCUT2D eigenvalue weighted by molar-refractivity contribution is 0.626. The minimum Gasteiger partial charge on any atom is -0.317 e. The Morgan fingerprint density at radius 3 is 2.05 bits per heavy atom. The maximum atomic E-state index is 3.64. The molecule has 0 aliphatic carbocycles. The van der Waals surface area contributed by atoms with Crippen molar-refractivity contribution in [1.29, 1.82) is 0 Å². The first-order valence-electron chi connectivity index (χ1n) is 8.59. The monoisotopic (exact) mass is 313 g/mol. The molecule has 1 N–H and O–H groups in total. The average molecular weight is 314 g/mol. The van der Waals surface area contributed by atoms with Crippen LogP contribution in [-0.2, 0) is 0 Å². The topological polar surface area (TPSA) is 12.0 Å². The number of allylic oxidation sites excluding steroid dienone is 1. The number of nitrogens with one attached hydrogen (secondary N) is 1. The summed E-state index contributed by atoms with van der Waals surface area (Å²) in [5, 5.41) is 4.16. The Balaban J connectivity index is 3.73. The van der Waals surface area contributed by atoms with Crippen LogP contribution in [-0.4, -0.2) is 30.7 Å². The van der Waals surface area contributed by atoms with Crippen LogP contribution in [0.15, 0.2) is 11.3 Å². The van der Waals surface area contributed by atoms with Gasteiger partial charge in [0.25, 0.3) is 0 Å². The summed E-state index contributed by atoms with van der Waals surface area (Å²) >= 11 is 0. The van der Waals surface area contributed by atoms with Gasteiger partial charge in [0.2, 0.25) is 0 Å². The molecule has 0 radical (unpaired) electrons. The average Bonchev–Trinajstić information content (AvgIpc) is 2.28. The molecule has 0 fully saturated rings. The largest absolute Gasteiger partial charge is 0.317 e. The van der Waals surface area contributed by atoms with Crippen molar-refractivity contribution in [2.45, 2.75) is 84.1 Å². The van der Waals surface area contributed by atoms with E-state index in [1.54, 1.807) is 0 Å². The highest BCUT2D eigenvalue weighted by Crippen LogP contribution is 2.31. The predicted molar refractivity (Wildman–Crippen MR) is 102 cm³/mol. The lowest BCUT2D eigenvalue weighted by Gasteiger charge is -2.27. The van der Waals surface area contributed by atoms with Crippen LogP contribution in [0.1, 0.15) is 53.9 Å². The number of unbranched alkanes of at least 4 members (excludes halogenated alkanes) is 1. The van der Waals surface area contributed by atoms with Gasteiger partial charge >= 0.3 is 0 Å². The van der Waals surface area contributed by atoms with Crippen LogP contribution in [0.4, 0.5) is 0 Å². The second kappa shape index (κ2) is 10.8. The quantitative estimate of drug-likeness (QED) is 0.453. The fraction of sp³-hybridized carbons (Fsp3) is 0.882. The highest BCUT2D eigenvalue weighted by molar-refractivity contribution is 6.67. The van der Waals surface area contributed by atoms with Crippen LogP contribution in [0.25, 0.3) is 0 Å². The molecule has 120 valence electrons. The van der Waals surface area contributed by atoms with Crippen LogP contribution in [0.2, 0.25) is 30.2 Å². The van der Waals surface area contributed by atoms with Gasteiger partial charge in [0.15, 0.2) is 0 Å². The van der Waals surface area contributed by atoms with Gasteiger partial charge < -0.3 is 5.32 Å². The fourth-order valence-electron chi connectivity index (χ4n) is 2.54. The summed E-state index contributed by atoms with van der Waals surface area (Å²) < 4.78 is 0. The van der Waals surface area contributed by atoms with Crippen molar-refractivity contribution in [2.75, 3.05) is 13.1 Å². The minimum absolute atomic E-state index is 0.311. The van der Waals surface area contributed by atoms with Crippen molar-refractivity contribution in [3.8, 4) is 0 Å². The van der Waals surface area contributed by atoms with Crippen LogP contribution < -0.4 is 5.32 Å². The third-order valence-corrected chi connectivity index (χ3v) is 9.79. The standard InChI is InChI=1S/C17H39NSi2/c1-16(2)15-20(17(3,4)5)14-10-12-18-11-8-9-13-19(6)7/h15,18-20H,8-14H2,1-7H3. The van der Waals surface area contributed by atoms with Crippen molar-refractivity contribution >= 4 is 17.6 Å². The number of hydrogen-bond donors (Lipinski definition) is 1. The summed E-state index contributed by atoms with van der Waals surface area (Å²) in [6.45, 7) is 19.1. The molecule has 20 heavy (non-hydrogen) atoms. The van der Waals surface area contributed by atoms with Crippen LogP contribution in [0.5, 0.6) is 0 Å². The SMILES string of the molecule is CC(C)=C[SiH](CCCNCCCC[SiH](C)C)C(C)(C)C. The first-order chi connectivity index (χ1) is 9.23. The summed E-state index contributed by atoms with van der Waals surface area (Å²) in [7, 11) is -1.07. The van der Waals surface area contributed by atoms with Crippen molar-refractivity contribution in [3.05, 3.63) is 11.3 Å². The molecule has 3 heteroatoms. The maximum Gasteiger partial charge on any atom is 0.0667 e. The Bertz CT molecular complexity index is 263. The molecule has 0 saturated heterocycles. The Labute approximate surface area is 131 Å². The van der Waals surface area contributed by atoms with Gasteiger partial charge in [-0.3, -0.25) is 0 Å². The third kappa shape index (κ3) is 11.9. The molecular weight excluding hydrogens is 274 g/mol. The van der Waals surface area contributed by atoms with E-state index in [1.807, 2.05) is 0 Å². The molecule has 0 aliphatic heterocycles. The van der Waals surface area contributed by atoms with Crippen LogP contribution in [0, 0.1) is 0 Å². The molecule has 0 aromatic rings. The van der Waals surface area contributed by atoms with E-state index >= 15 is 0 Å². The highest BCUT2D eigenvalue weighted by Gasteiger charge is 2.23. The third-order valence-electron chi connectivity index (χ3n) is 3.90. The molecule has 0 spiro atoms. The second-order valence-corrected chi connectivity index (χ2v) is 15.2. The van der Waals surface area contributed by atoms with Crippen LogP contribution in [0.3, 0.4) is 0 Å². The van der Waals surface area contributed by atoms with E-state index in [1.165, 1.54) is 50.0 Å². The summed E-state index contributed by atoms with van der Waals surface area (Å²) in [6.07, 6.45) is 4.17. The fourth-order valence-corrected chi connectivity index (χ4v) is 6.63. The smallest absolute Gasteiger partial charge is 0.0667 e. The Kier molecular flexibility index (Phi) is 10.9. The Morgan fingerprint density at radius 2 is 1.55 bits per heavy atom. The lowest BCUT2D eigenvalue weighted by atomic mass is 10.2. The van der Waals surface area contributed by atoms with Gasteiger partial charge in [-0.1, -0.05) is 63.6 Å². The van der Waals surface area contributed by atoms with E-state index in [0.29, 0.717) is 5.04 Å². The molecule has 0 amide bonds. The molecule has 0 rings (SSSR count). The summed E-state index contributed by atoms with van der Waals surface area (Å²) in [4.78, 5) is 0. The van der Waals surface area contributed by atoms with E-state index in [-0.39, 0.29) is 8.80 Å². The summed E-state index contributed by atoms with van der Waals surface area (Å²) in [5.74, 6) is 0. The highest BCUT2D eigenvalue weighted by atomic mass is 28.3. The van der Waals surface area contributed by atoms with Gasteiger partial charge in [0.1, 0.15) is 0 Å². The molecule has 0 aliphatic rings. The van der Waals surface area contributed by atoms with E-state index in [9.17, 15) is 0 Å². The second-order valence-electron chi connectivity index (χ2n) is 8.00. The molecule has 0 bridgehead atoms. The van der Waals surface area contributed by atoms with Crippen LogP contribution >= 0.6 is 0 Å². The normalized spacial score (nSPS) is 13.6.